The van der Waals surface area contributed by atoms with Gasteiger partial charge in [0.2, 0.25) is 5.82 Å². The second-order valence-electron chi connectivity index (χ2n) is 4.95. The molecule has 1 amide bonds. The lowest BCUT2D eigenvalue weighted by Gasteiger charge is -2.05. The minimum atomic E-state index is -0.457. The second kappa shape index (κ2) is 7.85. The molecule has 0 radical (unpaired) electrons. The largest absolute Gasteiger partial charge is 0.302 e. The predicted octanol–water partition coefficient (Wildman–Crippen LogP) is 3.28. The van der Waals surface area contributed by atoms with E-state index in [0.29, 0.717) is 11.3 Å². The van der Waals surface area contributed by atoms with Crippen molar-refractivity contribution >= 4 is 39.2 Å². The lowest BCUT2D eigenvalue weighted by Crippen LogP contribution is -2.23. The van der Waals surface area contributed by atoms with Crippen molar-refractivity contribution < 1.29 is 19.0 Å². The highest BCUT2D eigenvalue weighted by molar-refractivity contribution is 9.10. The van der Waals surface area contributed by atoms with E-state index in [9.17, 15) is 14.4 Å². The Kier molecular flexibility index (Phi) is 5.34. The molecule has 0 saturated heterocycles. The quantitative estimate of drug-likeness (QED) is 0.339. The number of nitrogens with one attached hydrogen (secondary N) is 2. The second-order valence-corrected chi connectivity index (χ2v) is 5.81. The average Bonchev–Trinajstić information content (AvgIpc) is 3.11. The number of aromatic nitrogens is 2. The van der Waals surface area contributed by atoms with Gasteiger partial charge < -0.3 is 5.32 Å². The number of hydrogen-bond acceptors (Lipinski definition) is 6. The number of carbonyl (C=O) groups is 1. The topological polar surface area (TPSA) is 113 Å². The van der Waals surface area contributed by atoms with Gasteiger partial charge in [-0.15, -0.1) is 0 Å². The fourth-order valence-corrected chi connectivity index (χ4v) is 2.38. The first kappa shape index (κ1) is 17.7. The van der Waals surface area contributed by atoms with Gasteiger partial charge in [-0.05, 0) is 56.6 Å². The van der Waals surface area contributed by atoms with Gasteiger partial charge in [0.25, 0.3) is 5.91 Å². The summed E-state index contributed by atoms with van der Waals surface area (Å²) in [7, 11) is 0. The summed E-state index contributed by atoms with van der Waals surface area (Å²) in [5, 5.41) is 19.1. The van der Waals surface area contributed by atoms with E-state index in [1.54, 1.807) is 30.3 Å². The van der Waals surface area contributed by atoms with Gasteiger partial charge in [-0.1, -0.05) is 18.2 Å². The first-order valence-corrected chi connectivity index (χ1v) is 8.01. The maximum atomic E-state index is 13.3. The van der Waals surface area contributed by atoms with Crippen LogP contribution in [0.25, 0.3) is 0 Å². The van der Waals surface area contributed by atoms with Crippen LogP contribution in [0, 0.1) is 5.82 Å². The van der Waals surface area contributed by atoms with Crippen LogP contribution < -0.4 is 10.8 Å². The first-order valence-electron chi connectivity index (χ1n) is 7.21. The minimum Gasteiger partial charge on any atom is -0.302 e. The molecule has 0 aliphatic heterocycles. The standard InChI is InChI=1S/C16H11BrFN5O3/c17-11-8-10(6-7-12(11)18)19-14(21-25)13-15(23-26-22-13)20-16(24)9-4-2-1-3-5-9/h1-8,25H,(H,19,21)(H,20,23,24). The molecule has 1 heterocycles. The molecule has 3 N–H and O–H groups in total. The van der Waals surface area contributed by atoms with Crippen LogP contribution in [-0.4, -0.2) is 27.3 Å². The summed E-state index contributed by atoms with van der Waals surface area (Å²) < 4.78 is 18.1. The van der Waals surface area contributed by atoms with Crippen molar-refractivity contribution in [1.82, 2.24) is 15.8 Å². The third kappa shape index (κ3) is 3.92. The molecule has 0 bridgehead atoms. The van der Waals surface area contributed by atoms with Gasteiger partial charge in [0.05, 0.1) is 10.2 Å². The van der Waals surface area contributed by atoms with Crippen molar-refractivity contribution in [2.45, 2.75) is 0 Å². The lowest BCUT2D eigenvalue weighted by molar-refractivity contribution is 0.102. The van der Waals surface area contributed by atoms with Crippen molar-refractivity contribution in [3.8, 4) is 0 Å². The van der Waals surface area contributed by atoms with Gasteiger partial charge in [0, 0.05) is 5.56 Å². The number of anilines is 1. The van der Waals surface area contributed by atoms with E-state index in [-0.39, 0.29) is 21.8 Å². The van der Waals surface area contributed by atoms with Gasteiger partial charge in [0.1, 0.15) is 5.82 Å². The molecule has 132 valence electrons. The molecule has 0 fully saturated rings. The van der Waals surface area contributed by atoms with Crippen LogP contribution in [0.3, 0.4) is 0 Å². The third-order valence-corrected chi connectivity index (χ3v) is 3.84. The van der Waals surface area contributed by atoms with E-state index < -0.39 is 11.7 Å². The number of amidine groups is 1. The molecular formula is C16H11BrFN5O3. The highest BCUT2D eigenvalue weighted by Crippen LogP contribution is 2.23. The number of rotatable bonds is 4. The monoisotopic (exact) mass is 419 g/mol. The van der Waals surface area contributed by atoms with Crippen LogP contribution in [0.5, 0.6) is 0 Å². The Morgan fingerprint density at radius 1 is 1.19 bits per heavy atom. The Balaban J connectivity index is 1.88. The Morgan fingerprint density at radius 3 is 2.65 bits per heavy atom. The molecule has 2 aromatic carbocycles. The Morgan fingerprint density at radius 2 is 1.96 bits per heavy atom. The van der Waals surface area contributed by atoms with E-state index in [2.05, 4.69) is 41.2 Å². The molecule has 8 nitrogen and oxygen atoms in total. The normalized spacial score (nSPS) is 11.3. The maximum Gasteiger partial charge on any atom is 0.256 e. The van der Waals surface area contributed by atoms with Crippen molar-refractivity contribution in [1.29, 1.82) is 0 Å². The SMILES string of the molecule is O=C(Nc1nonc1C(=Nc1ccc(F)c(Br)c1)NO)c1ccccc1. The number of amides is 1. The summed E-state index contributed by atoms with van der Waals surface area (Å²) in [4.78, 5) is 16.3. The summed E-state index contributed by atoms with van der Waals surface area (Å²) in [5.41, 5.74) is 2.56. The predicted molar refractivity (Wildman–Crippen MR) is 93.9 cm³/mol. The zero-order chi connectivity index (χ0) is 18.5. The van der Waals surface area contributed by atoms with Crippen molar-refractivity contribution in [3.05, 3.63) is 70.1 Å². The molecule has 0 aliphatic rings. The number of nitrogens with zero attached hydrogens (tertiary/aromatic N) is 3. The summed E-state index contributed by atoms with van der Waals surface area (Å²) in [6.07, 6.45) is 0. The number of carbonyl (C=O) groups excluding carboxylic acids is 1. The zero-order valence-corrected chi connectivity index (χ0v) is 14.6. The third-order valence-electron chi connectivity index (χ3n) is 3.23. The lowest BCUT2D eigenvalue weighted by atomic mass is 10.2. The van der Waals surface area contributed by atoms with Crippen LogP contribution >= 0.6 is 15.9 Å². The minimum absolute atomic E-state index is 0.0303. The van der Waals surface area contributed by atoms with Crippen LogP contribution in [0.15, 0.2) is 62.6 Å². The zero-order valence-electron chi connectivity index (χ0n) is 13.0. The van der Waals surface area contributed by atoms with Crippen LogP contribution in [0.4, 0.5) is 15.9 Å². The van der Waals surface area contributed by atoms with Crippen LogP contribution in [-0.2, 0) is 0 Å². The fraction of sp³-hybridized carbons (Fsp3) is 0. The van der Waals surface area contributed by atoms with E-state index in [4.69, 9.17) is 0 Å². The van der Waals surface area contributed by atoms with Crippen LogP contribution in [0.1, 0.15) is 16.1 Å². The van der Waals surface area contributed by atoms with E-state index in [1.807, 2.05) is 5.48 Å². The molecule has 0 atom stereocenters. The highest BCUT2D eigenvalue weighted by Gasteiger charge is 2.19. The Hall–Kier alpha value is -3.11. The van der Waals surface area contributed by atoms with Crippen molar-refractivity contribution in [2.75, 3.05) is 5.32 Å². The number of halogens is 2. The summed E-state index contributed by atoms with van der Waals surface area (Å²) in [6, 6.07) is 12.5. The molecule has 0 unspecified atom stereocenters. The number of hydroxylamine groups is 1. The maximum absolute atomic E-state index is 13.3. The number of hydrogen-bond donors (Lipinski definition) is 3. The summed E-state index contributed by atoms with van der Waals surface area (Å²) in [5.74, 6) is -1.08. The smallest absolute Gasteiger partial charge is 0.256 e. The molecule has 0 saturated carbocycles. The van der Waals surface area contributed by atoms with Gasteiger partial charge >= 0.3 is 0 Å². The first-order chi connectivity index (χ1) is 12.6. The fourth-order valence-electron chi connectivity index (χ4n) is 2.01. The van der Waals surface area contributed by atoms with Crippen molar-refractivity contribution in [3.63, 3.8) is 0 Å². The molecule has 1 aromatic heterocycles. The number of benzene rings is 2. The number of aliphatic imine (C=N–C) groups is 1. The summed E-state index contributed by atoms with van der Waals surface area (Å²) >= 11 is 3.05. The Bertz CT molecular complexity index is 962. The molecule has 10 heteroatoms. The molecule has 3 aromatic rings. The van der Waals surface area contributed by atoms with Crippen LogP contribution in [0.2, 0.25) is 0 Å². The molecule has 0 spiro atoms. The van der Waals surface area contributed by atoms with E-state index in [1.165, 1.54) is 18.2 Å². The van der Waals surface area contributed by atoms with E-state index >= 15 is 0 Å². The molecule has 26 heavy (non-hydrogen) atoms. The molecule has 3 rings (SSSR count). The molecule has 0 aliphatic carbocycles. The van der Waals surface area contributed by atoms with Gasteiger partial charge in [-0.25, -0.2) is 14.0 Å². The van der Waals surface area contributed by atoms with Gasteiger partial charge in [-0.3, -0.25) is 15.5 Å². The summed E-state index contributed by atoms with van der Waals surface area (Å²) in [6.45, 7) is 0. The van der Waals surface area contributed by atoms with Gasteiger partial charge in [-0.2, -0.15) is 0 Å². The molecular weight excluding hydrogens is 409 g/mol. The van der Waals surface area contributed by atoms with Gasteiger partial charge in [0.15, 0.2) is 11.5 Å². The highest BCUT2D eigenvalue weighted by atomic mass is 79.9. The van der Waals surface area contributed by atoms with E-state index in [0.717, 1.165) is 0 Å². The Labute approximate surface area is 154 Å². The van der Waals surface area contributed by atoms with Crippen molar-refractivity contribution in [2.24, 2.45) is 4.99 Å². The average molecular weight is 420 g/mol.